The number of fused-ring (bicyclic) bond motifs is 1. The van der Waals surface area contributed by atoms with E-state index in [1.54, 1.807) is 19.3 Å². The van der Waals surface area contributed by atoms with Gasteiger partial charge < -0.3 is 4.74 Å². The first-order valence-corrected chi connectivity index (χ1v) is 5.22. The number of hydrogen-bond acceptors (Lipinski definition) is 2. The van der Waals surface area contributed by atoms with Crippen molar-refractivity contribution in [3.63, 3.8) is 0 Å². The van der Waals surface area contributed by atoms with Gasteiger partial charge in [-0.05, 0) is 17.2 Å². The Morgan fingerprint density at radius 2 is 2.12 bits per heavy atom. The van der Waals surface area contributed by atoms with Gasteiger partial charge >= 0.3 is 0 Å². The van der Waals surface area contributed by atoms with Crippen LogP contribution in [-0.2, 0) is 15.1 Å². The van der Waals surface area contributed by atoms with E-state index < -0.39 is 5.60 Å². The summed E-state index contributed by atoms with van der Waals surface area (Å²) in [7, 11) is 1.57. The molecule has 1 aliphatic rings. The number of benzene rings is 1. The van der Waals surface area contributed by atoms with Gasteiger partial charge in [0.1, 0.15) is 0 Å². The topological polar surface area (TPSA) is 26.3 Å². The monoisotopic (exact) mass is 214 g/mol. The van der Waals surface area contributed by atoms with E-state index in [0.717, 1.165) is 11.1 Å². The van der Waals surface area contributed by atoms with E-state index in [0.29, 0.717) is 6.42 Å². The van der Waals surface area contributed by atoms with Crippen LogP contribution in [0.1, 0.15) is 17.5 Å². The minimum absolute atomic E-state index is 0.0198. The average Bonchev–Trinajstić information content (AvgIpc) is 2.33. The van der Waals surface area contributed by atoms with Crippen molar-refractivity contribution >= 4 is 11.9 Å². The Labute approximate surface area is 95.2 Å². The summed E-state index contributed by atoms with van der Waals surface area (Å²) in [5, 5.41) is 0. The molecule has 0 aromatic heterocycles. The van der Waals surface area contributed by atoms with Gasteiger partial charge in [-0.3, -0.25) is 4.79 Å². The number of ether oxygens (including phenoxy) is 1. The van der Waals surface area contributed by atoms with Gasteiger partial charge in [-0.15, -0.1) is 6.58 Å². The van der Waals surface area contributed by atoms with Crippen molar-refractivity contribution < 1.29 is 9.53 Å². The van der Waals surface area contributed by atoms with E-state index >= 15 is 0 Å². The van der Waals surface area contributed by atoms with Gasteiger partial charge in [0.05, 0.1) is 0 Å². The minimum Gasteiger partial charge on any atom is -0.365 e. The van der Waals surface area contributed by atoms with Crippen molar-refractivity contribution in [2.45, 2.75) is 12.0 Å². The number of rotatable bonds is 3. The SMILES string of the molecule is C=CCC1(OC)C(=O)C=Cc2ccccc21. The summed E-state index contributed by atoms with van der Waals surface area (Å²) in [6.45, 7) is 3.70. The van der Waals surface area contributed by atoms with Crippen molar-refractivity contribution in [3.05, 3.63) is 54.1 Å². The second-order valence-electron chi connectivity index (χ2n) is 3.81. The van der Waals surface area contributed by atoms with Gasteiger partial charge in [-0.2, -0.15) is 0 Å². The summed E-state index contributed by atoms with van der Waals surface area (Å²) >= 11 is 0. The molecule has 1 atom stereocenters. The molecule has 0 aliphatic heterocycles. The van der Waals surface area contributed by atoms with E-state index in [1.807, 2.05) is 30.3 Å². The molecular formula is C14H14O2. The molecule has 0 heterocycles. The van der Waals surface area contributed by atoms with Gasteiger partial charge in [0.15, 0.2) is 11.4 Å². The number of methoxy groups -OCH3 is 1. The van der Waals surface area contributed by atoms with Crippen LogP contribution in [0.4, 0.5) is 0 Å². The number of ketones is 1. The van der Waals surface area contributed by atoms with Crippen LogP contribution >= 0.6 is 0 Å². The molecule has 0 N–H and O–H groups in total. The minimum atomic E-state index is -0.882. The predicted molar refractivity (Wildman–Crippen MR) is 64.0 cm³/mol. The van der Waals surface area contributed by atoms with E-state index in [9.17, 15) is 4.79 Å². The van der Waals surface area contributed by atoms with Crippen LogP contribution in [-0.4, -0.2) is 12.9 Å². The lowest BCUT2D eigenvalue weighted by molar-refractivity contribution is -0.137. The summed E-state index contributed by atoms with van der Waals surface area (Å²) in [4.78, 5) is 12.0. The molecule has 1 aromatic rings. The van der Waals surface area contributed by atoms with Crippen molar-refractivity contribution in [2.75, 3.05) is 7.11 Å². The number of carbonyl (C=O) groups excluding carboxylic acids is 1. The average molecular weight is 214 g/mol. The van der Waals surface area contributed by atoms with E-state index in [2.05, 4.69) is 6.58 Å². The fourth-order valence-electron chi connectivity index (χ4n) is 2.15. The zero-order chi connectivity index (χ0) is 11.6. The molecule has 2 rings (SSSR count). The molecule has 0 saturated heterocycles. The van der Waals surface area contributed by atoms with Gasteiger partial charge in [-0.1, -0.05) is 36.4 Å². The lowest BCUT2D eigenvalue weighted by atomic mass is 9.79. The molecule has 2 heteroatoms. The Bertz CT molecular complexity index is 460. The van der Waals surface area contributed by atoms with Crippen molar-refractivity contribution in [1.82, 2.24) is 0 Å². The molecule has 0 spiro atoms. The molecule has 1 unspecified atom stereocenters. The second-order valence-corrected chi connectivity index (χ2v) is 3.81. The molecule has 0 amide bonds. The van der Waals surface area contributed by atoms with Crippen molar-refractivity contribution in [1.29, 1.82) is 0 Å². The van der Waals surface area contributed by atoms with Crippen LogP contribution in [0.5, 0.6) is 0 Å². The Balaban J connectivity index is 2.63. The summed E-state index contributed by atoms with van der Waals surface area (Å²) in [5.41, 5.74) is 1.07. The highest BCUT2D eigenvalue weighted by molar-refractivity contribution is 6.04. The first-order chi connectivity index (χ1) is 7.74. The van der Waals surface area contributed by atoms with Gasteiger partial charge in [0.25, 0.3) is 0 Å². The highest BCUT2D eigenvalue weighted by Gasteiger charge is 2.40. The molecule has 0 bridgehead atoms. The highest BCUT2D eigenvalue weighted by Crippen LogP contribution is 2.37. The summed E-state index contributed by atoms with van der Waals surface area (Å²) < 4.78 is 5.49. The predicted octanol–water partition coefficient (Wildman–Crippen LogP) is 2.70. The third-order valence-corrected chi connectivity index (χ3v) is 2.99. The van der Waals surface area contributed by atoms with Crippen LogP contribution in [0.3, 0.4) is 0 Å². The fraction of sp³-hybridized carbons (Fsp3) is 0.214. The second kappa shape index (κ2) is 4.06. The Morgan fingerprint density at radius 3 is 2.81 bits per heavy atom. The Hall–Kier alpha value is -1.67. The molecule has 82 valence electrons. The van der Waals surface area contributed by atoms with Crippen molar-refractivity contribution in [2.24, 2.45) is 0 Å². The first-order valence-electron chi connectivity index (χ1n) is 5.22. The number of carbonyl (C=O) groups is 1. The van der Waals surface area contributed by atoms with E-state index in [4.69, 9.17) is 4.74 Å². The molecule has 1 aromatic carbocycles. The molecule has 0 fully saturated rings. The summed E-state index contributed by atoms with van der Waals surface area (Å²) in [6, 6.07) is 7.79. The molecular weight excluding hydrogens is 200 g/mol. The van der Waals surface area contributed by atoms with E-state index in [-0.39, 0.29) is 5.78 Å². The molecule has 1 aliphatic carbocycles. The fourth-order valence-corrected chi connectivity index (χ4v) is 2.15. The highest BCUT2D eigenvalue weighted by atomic mass is 16.5. The normalized spacial score (nSPS) is 22.9. The van der Waals surface area contributed by atoms with Crippen LogP contribution in [0.15, 0.2) is 43.0 Å². The molecule has 0 saturated carbocycles. The molecule has 2 nitrogen and oxygen atoms in total. The third kappa shape index (κ3) is 1.42. The van der Waals surface area contributed by atoms with Crippen molar-refractivity contribution in [3.8, 4) is 0 Å². The standard InChI is InChI=1S/C14H14O2/c1-3-10-14(16-2)12-7-5-4-6-11(12)8-9-13(14)15/h3-9H,1,10H2,2H3. The zero-order valence-corrected chi connectivity index (χ0v) is 9.27. The van der Waals surface area contributed by atoms with Crippen LogP contribution < -0.4 is 0 Å². The number of hydrogen-bond donors (Lipinski definition) is 0. The lowest BCUT2D eigenvalue weighted by Crippen LogP contribution is -2.38. The van der Waals surface area contributed by atoms with Crippen LogP contribution in [0.25, 0.3) is 6.08 Å². The third-order valence-electron chi connectivity index (χ3n) is 2.99. The van der Waals surface area contributed by atoms with Gasteiger partial charge in [-0.25, -0.2) is 0 Å². The maximum atomic E-state index is 12.0. The smallest absolute Gasteiger partial charge is 0.192 e. The largest absolute Gasteiger partial charge is 0.365 e. The zero-order valence-electron chi connectivity index (χ0n) is 9.27. The van der Waals surface area contributed by atoms with E-state index in [1.165, 1.54) is 0 Å². The van der Waals surface area contributed by atoms with Gasteiger partial charge in [0, 0.05) is 13.5 Å². The molecule has 0 radical (unpaired) electrons. The van der Waals surface area contributed by atoms with Crippen LogP contribution in [0.2, 0.25) is 0 Å². The summed E-state index contributed by atoms with van der Waals surface area (Å²) in [6.07, 6.45) is 5.62. The maximum Gasteiger partial charge on any atom is 0.192 e. The maximum absolute atomic E-state index is 12.0. The summed E-state index contributed by atoms with van der Waals surface area (Å²) in [5.74, 6) is -0.0198. The first kappa shape index (κ1) is 10.8. The molecule has 16 heavy (non-hydrogen) atoms. The van der Waals surface area contributed by atoms with Gasteiger partial charge in [0.2, 0.25) is 0 Å². The Morgan fingerprint density at radius 1 is 1.38 bits per heavy atom. The van der Waals surface area contributed by atoms with Crippen LogP contribution in [0, 0.1) is 0 Å². The quantitative estimate of drug-likeness (QED) is 0.723. The Kier molecular flexibility index (Phi) is 2.75. The lowest BCUT2D eigenvalue weighted by Gasteiger charge is -2.33.